The number of nitrogens with zero attached hydrogens (tertiary/aromatic N) is 2. The van der Waals surface area contributed by atoms with Gasteiger partial charge in [0.25, 0.3) is 0 Å². The number of hydrogen-bond acceptors (Lipinski definition) is 11. The predicted molar refractivity (Wildman–Crippen MR) is 190 cm³/mol. The van der Waals surface area contributed by atoms with Crippen LogP contribution in [0.1, 0.15) is 46.5 Å². The Balaban J connectivity index is 1.35. The number of benzene rings is 1. The van der Waals surface area contributed by atoms with Crippen LogP contribution in [0.2, 0.25) is 0 Å². The number of hydrogen-bond donors (Lipinski definition) is 4. The van der Waals surface area contributed by atoms with Crippen molar-refractivity contribution in [3.63, 3.8) is 0 Å². The van der Waals surface area contributed by atoms with E-state index in [9.17, 15) is 9.59 Å². The number of ether oxygens (including phenoxy) is 4. The molecule has 0 aliphatic rings. The van der Waals surface area contributed by atoms with Crippen LogP contribution < -0.4 is 40.2 Å². The molecule has 3 aromatic heterocycles. The lowest BCUT2D eigenvalue weighted by molar-refractivity contribution is -0.119. The van der Waals surface area contributed by atoms with E-state index in [0.717, 1.165) is 43.8 Å². The number of carbonyl (C=O) groups is 2. The highest BCUT2D eigenvalue weighted by Crippen LogP contribution is 2.35. The summed E-state index contributed by atoms with van der Waals surface area (Å²) in [6.45, 7) is 11.5. The monoisotopic (exact) mass is 690 g/mol. The van der Waals surface area contributed by atoms with Crippen LogP contribution in [0.3, 0.4) is 0 Å². The molecule has 0 atom stereocenters. The van der Waals surface area contributed by atoms with E-state index in [1.165, 1.54) is 13.8 Å². The number of aromatic nitrogens is 2. The fourth-order valence-electron chi connectivity index (χ4n) is 5.08. The first-order chi connectivity index (χ1) is 23.7. The summed E-state index contributed by atoms with van der Waals surface area (Å²) in [6, 6.07) is 13.8. The number of rotatable bonds is 19. The van der Waals surface area contributed by atoms with Crippen LogP contribution >= 0.6 is 11.3 Å². The van der Waals surface area contributed by atoms with Gasteiger partial charge in [-0.3, -0.25) is 9.59 Å². The third-order valence-electron chi connectivity index (χ3n) is 7.80. The lowest BCUT2D eigenvalue weighted by Gasteiger charge is -2.14. The Morgan fingerprint density at radius 1 is 0.673 bits per heavy atom. The third kappa shape index (κ3) is 10.9. The maximum atomic E-state index is 11.0. The van der Waals surface area contributed by atoms with Crippen molar-refractivity contribution in [2.45, 2.75) is 54.0 Å². The smallest absolute Gasteiger partial charge is 0.220 e. The first-order valence-electron chi connectivity index (χ1n) is 16.1. The van der Waals surface area contributed by atoms with Crippen molar-refractivity contribution in [1.82, 2.24) is 31.2 Å². The van der Waals surface area contributed by atoms with Crippen molar-refractivity contribution >= 4 is 23.2 Å². The normalized spacial score (nSPS) is 10.8. The Kier molecular flexibility index (Phi) is 14.2. The predicted octanol–water partition coefficient (Wildman–Crippen LogP) is 4.45. The molecule has 0 saturated carbocycles. The summed E-state index contributed by atoms with van der Waals surface area (Å²) >= 11 is 1.66. The van der Waals surface area contributed by atoms with Crippen molar-refractivity contribution in [3.05, 3.63) is 80.5 Å². The molecular weight excluding hydrogens is 644 g/mol. The summed E-state index contributed by atoms with van der Waals surface area (Å²) in [4.78, 5) is 32.3. The van der Waals surface area contributed by atoms with Gasteiger partial charge in [-0.15, -0.1) is 11.3 Å². The largest absolute Gasteiger partial charge is 0.481 e. The fraction of sp³-hybridized carbons (Fsp3) is 0.389. The summed E-state index contributed by atoms with van der Waals surface area (Å²) in [5.41, 5.74) is 7.46. The molecule has 0 fully saturated rings. The van der Waals surface area contributed by atoms with Gasteiger partial charge in [0.05, 0.1) is 14.2 Å². The van der Waals surface area contributed by atoms with Crippen LogP contribution in [0.25, 0.3) is 11.1 Å². The van der Waals surface area contributed by atoms with Crippen LogP contribution in [0.4, 0.5) is 0 Å². The quantitative estimate of drug-likeness (QED) is 0.104. The molecule has 262 valence electrons. The molecule has 0 spiro atoms. The van der Waals surface area contributed by atoms with Crippen LogP contribution in [0, 0.1) is 13.8 Å². The van der Waals surface area contributed by atoms with Gasteiger partial charge in [0.15, 0.2) is 0 Å². The molecule has 0 saturated heterocycles. The summed E-state index contributed by atoms with van der Waals surface area (Å²) < 4.78 is 23.2. The number of pyridine rings is 2. The molecule has 4 rings (SSSR count). The van der Waals surface area contributed by atoms with Crippen molar-refractivity contribution < 1.29 is 28.5 Å². The van der Waals surface area contributed by atoms with Crippen molar-refractivity contribution in [2.24, 2.45) is 0 Å². The van der Waals surface area contributed by atoms with Gasteiger partial charge >= 0.3 is 0 Å². The molecule has 0 bridgehead atoms. The highest BCUT2D eigenvalue weighted by Gasteiger charge is 2.16. The molecule has 0 radical (unpaired) electrons. The second kappa shape index (κ2) is 18.7. The summed E-state index contributed by atoms with van der Waals surface area (Å²) in [5, 5.41) is 14.2. The Hall–Kier alpha value is -4.72. The van der Waals surface area contributed by atoms with Gasteiger partial charge in [-0.1, -0.05) is 18.2 Å². The Bertz CT molecular complexity index is 1710. The molecule has 4 N–H and O–H groups in total. The highest BCUT2D eigenvalue weighted by molar-refractivity contribution is 7.10. The molecule has 0 unspecified atom stereocenters. The second-order valence-electron chi connectivity index (χ2n) is 11.3. The van der Waals surface area contributed by atoms with Gasteiger partial charge in [-0.2, -0.15) is 9.97 Å². The Morgan fingerprint density at radius 3 is 1.76 bits per heavy atom. The van der Waals surface area contributed by atoms with E-state index in [4.69, 9.17) is 18.9 Å². The van der Waals surface area contributed by atoms with Crippen LogP contribution in [0.15, 0.2) is 47.8 Å². The lowest BCUT2D eigenvalue weighted by atomic mass is 9.96. The maximum absolute atomic E-state index is 11.0. The Morgan fingerprint density at radius 2 is 1.22 bits per heavy atom. The maximum Gasteiger partial charge on any atom is 0.220 e. The van der Waals surface area contributed by atoms with E-state index in [-0.39, 0.29) is 11.8 Å². The van der Waals surface area contributed by atoms with E-state index < -0.39 is 0 Å². The molecule has 13 heteroatoms. The standard InChI is InChI=1S/C36H46N6O6S/c1-23-29(20-47-33-12-10-27(35(41-33)45-5)18-37-14-16-39-25(3)43)8-7-9-30(23)31-22-49-32(24(31)2)21-48-34-13-11-28(36(42-34)46-6)19-38-15-17-40-26(4)44/h7-13,22,37-38H,14-21H2,1-6H3,(H,39,43)(H,40,44). The van der Waals surface area contributed by atoms with Crippen LogP contribution in [-0.2, 0) is 35.9 Å². The zero-order valence-electron chi connectivity index (χ0n) is 29.0. The number of carbonyl (C=O) groups excluding carboxylic acids is 2. The fourth-order valence-corrected chi connectivity index (χ4v) is 6.05. The number of methoxy groups -OCH3 is 2. The van der Waals surface area contributed by atoms with Crippen LogP contribution in [0.5, 0.6) is 23.5 Å². The first kappa shape index (κ1) is 37.1. The number of amides is 2. The molecule has 49 heavy (non-hydrogen) atoms. The first-order valence-corrected chi connectivity index (χ1v) is 17.0. The van der Waals surface area contributed by atoms with Crippen LogP contribution in [-0.4, -0.2) is 62.2 Å². The van der Waals surface area contributed by atoms with E-state index in [1.54, 1.807) is 25.6 Å². The highest BCUT2D eigenvalue weighted by atomic mass is 32.1. The molecule has 12 nitrogen and oxygen atoms in total. The molecule has 2 amide bonds. The molecule has 3 heterocycles. The van der Waals surface area contributed by atoms with E-state index in [0.29, 0.717) is 76.0 Å². The molecule has 0 aliphatic heterocycles. The minimum atomic E-state index is -0.0518. The SMILES string of the molecule is COc1nc(OCc2cccc(-c3csc(COc4ccc(CNCCNC(C)=O)c(OC)n4)c3C)c2C)ccc1CNCCNC(C)=O. The van der Waals surface area contributed by atoms with E-state index in [1.807, 2.05) is 30.3 Å². The van der Waals surface area contributed by atoms with Crippen molar-refractivity contribution in [3.8, 4) is 34.6 Å². The molecular formula is C36H46N6O6S. The summed E-state index contributed by atoms with van der Waals surface area (Å²) in [6.07, 6.45) is 0. The van der Waals surface area contributed by atoms with Gasteiger partial charge in [0.2, 0.25) is 35.3 Å². The minimum Gasteiger partial charge on any atom is -0.481 e. The van der Waals surface area contributed by atoms with Crippen molar-refractivity contribution in [1.29, 1.82) is 0 Å². The van der Waals surface area contributed by atoms with Gasteiger partial charge in [-0.05, 0) is 59.2 Å². The molecule has 1 aromatic carbocycles. The van der Waals surface area contributed by atoms with Gasteiger partial charge in [-0.25, -0.2) is 0 Å². The zero-order chi connectivity index (χ0) is 35.2. The third-order valence-corrected chi connectivity index (χ3v) is 8.86. The topological polar surface area (TPSA) is 145 Å². The van der Waals surface area contributed by atoms with E-state index >= 15 is 0 Å². The summed E-state index contributed by atoms with van der Waals surface area (Å²) in [7, 11) is 3.18. The average molecular weight is 691 g/mol. The minimum absolute atomic E-state index is 0.0511. The number of thiophene rings is 1. The van der Waals surface area contributed by atoms with Crippen molar-refractivity contribution in [2.75, 3.05) is 40.4 Å². The second-order valence-corrected chi connectivity index (χ2v) is 12.3. The zero-order valence-corrected chi connectivity index (χ0v) is 29.8. The number of nitrogens with one attached hydrogen (secondary N) is 4. The lowest BCUT2D eigenvalue weighted by Crippen LogP contribution is -2.30. The molecule has 0 aliphatic carbocycles. The average Bonchev–Trinajstić information content (AvgIpc) is 3.46. The van der Waals surface area contributed by atoms with E-state index in [2.05, 4.69) is 62.6 Å². The van der Waals surface area contributed by atoms with Gasteiger partial charge in [0.1, 0.15) is 13.2 Å². The van der Waals surface area contributed by atoms with Gasteiger partial charge < -0.3 is 40.2 Å². The Labute approximate surface area is 291 Å². The van der Waals surface area contributed by atoms with Gasteiger partial charge in [0, 0.05) is 81.3 Å². The molecule has 4 aromatic rings. The summed E-state index contributed by atoms with van der Waals surface area (Å²) in [5.74, 6) is 1.86.